The molecule has 1 aromatic rings. The van der Waals surface area contributed by atoms with E-state index in [1.807, 2.05) is 19.1 Å². The van der Waals surface area contributed by atoms with Crippen molar-refractivity contribution in [2.75, 3.05) is 32.5 Å². The molecule has 0 aliphatic heterocycles. The molecule has 20 heavy (non-hydrogen) atoms. The van der Waals surface area contributed by atoms with Gasteiger partial charge in [-0.05, 0) is 51.9 Å². The molecular formula is C15H24N4O. The van der Waals surface area contributed by atoms with Crippen LogP contribution in [0, 0.1) is 5.92 Å². The molecule has 0 spiro atoms. The van der Waals surface area contributed by atoms with E-state index in [2.05, 4.69) is 34.6 Å². The zero-order valence-electron chi connectivity index (χ0n) is 12.5. The van der Waals surface area contributed by atoms with E-state index < -0.39 is 0 Å². The van der Waals surface area contributed by atoms with Crippen molar-refractivity contribution in [2.45, 2.75) is 25.8 Å². The molecule has 1 unspecified atom stereocenters. The second-order valence-electron chi connectivity index (χ2n) is 5.54. The number of rotatable bonds is 7. The Morgan fingerprint density at radius 3 is 2.70 bits per heavy atom. The molecule has 1 heterocycles. The SMILES string of the molecule is CCNC(=O)c1ccc(NCC(C2CC2)N(C)C)nc1. The summed E-state index contributed by atoms with van der Waals surface area (Å²) in [5.74, 6) is 1.56. The number of hydrogen-bond acceptors (Lipinski definition) is 4. The molecule has 1 aromatic heterocycles. The van der Waals surface area contributed by atoms with Gasteiger partial charge in [0.2, 0.25) is 0 Å². The molecule has 110 valence electrons. The molecule has 2 N–H and O–H groups in total. The normalized spacial score (nSPS) is 16.0. The largest absolute Gasteiger partial charge is 0.368 e. The number of aromatic nitrogens is 1. The van der Waals surface area contributed by atoms with Crippen LogP contribution in [0.25, 0.3) is 0 Å². The van der Waals surface area contributed by atoms with Crippen molar-refractivity contribution in [1.29, 1.82) is 0 Å². The van der Waals surface area contributed by atoms with E-state index in [-0.39, 0.29) is 5.91 Å². The lowest BCUT2D eigenvalue weighted by Gasteiger charge is -2.24. The fraction of sp³-hybridized carbons (Fsp3) is 0.600. The van der Waals surface area contributed by atoms with Gasteiger partial charge in [0.25, 0.3) is 5.91 Å². The molecule has 1 fully saturated rings. The third kappa shape index (κ3) is 3.93. The van der Waals surface area contributed by atoms with Crippen LogP contribution in [-0.2, 0) is 0 Å². The quantitative estimate of drug-likeness (QED) is 0.794. The van der Waals surface area contributed by atoms with E-state index in [1.54, 1.807) is 6.20 Å². The van der Waals surface area contributed by atoms with Gasteiger partial charge in [-0.3, -0.25) is 4.79 Å². The van der Waals surface area contributed by atoms with Crippen LogP contribution in [0.5, 0.6) is 0 Å². The van der Waals surface area contributed by atoms with Crippen LogP contribution in [0.4, 0.5) is 5.82 Å². The highest BCUT2D eigenvalue weighted by molar-refractivity contribution is 5.93. The zero-order valence-corrected chi connectivity index (χ0v) is 12.5. The Kier molecular flexibility index (Phi) is 4.95. The summed E-state index contributed by atoms with van der Waals surface area (Å²) in [5.41, 5.74) is 0.601. The molecule has 1 atom stereocenters. The van der Waals surface area contributed by atoms with Crippen LogP contribution in [0.1, 0.15) is 30.1 Å². The minimum Gasteiger partial charge on any atom is -0.368 e. The second-order valence-corrected chi connectivity index (χ2v) is 5.54. The number of nitrogens with one attached hydrogen (secondary N) is 2. The van der Waals surface area contributed by atoms with Crippen LogP contribution in [0.15, 0.2) is 18.3 Å². The number of anilines is 1. The van der Waals surface area contributed by atoms with Crippen LogP contribution in [0.3, 0.4) is 0 Å². The molecule has 5 heteroatoms. The van der Waals surface area contributed by atoms with Crippen LogP contribution >= 0.6 is 0 Å². The van der Waals surface area contributed by atoms with E-state index in [1.165, 1.54) is 12.8 Å². The fourth-order valence-corrected chi connectivity index (χ4v) is 2.36. The van der Waals surface area contributed by atoms with Crippen LogP contribution in [0.2, 0.25) is 0 Å². The molecule has 1 aliphatic rings. The van der Waals surface area contributed by atoms with Gasteiger partial charge in [-0.25, -0.2) is 4.98 Å². The highest BCUT2D eigenvalue weighted by Gasteiger charge is 2.32. The van der Waals surface area contributed by atoms with Crippen LogP contribution in [-0.4, -0.2) is 49.0 Å². The lowest BCUT2D eigenvalue weighted by molar-refractivity contribution is 0.0955. The summed E-state index contributed by atoms with van der Waals surface area (Å²) < 4.78 is 0. The van der Waals surface area contributed by atoms with Crippen molar-refractivity contribution in [3.63, 3.8) is 0 Å². The number of pyridine rings is 1. The number of nitrogens with zero attached hydrogens (tertiary/aromatic N) is 2. The maximum Gasteiger partial charge on any atom is 0.252 e. The molecule has 0 saturated heterocycles. The Labute approximate surface area is 120 Å². The van der Waals surface area contributed by atoms with Crippen molar-refractivity contribution in [1.82, 2.24) is 15.2 Å². The summed E-state index contributed by atoms with van der Waals surface area (Å²) in [5, 5.41) is 6.12. The second kappa shape index (κ2) is 6.70. The van der Waals surface area contributed by atoms with Crippen LogP contribution < -0.4 is 10.6 Å². The predicted octanol–water partition coefficient (Wildman–Crippen LogP) is 1.58. The Morgan fingerprint density at radius 2 is 2.20 bits per heavy atom. The van der Waals surface area contributed by atoms with E-state index in [0.29, 0.717) is 18.2 Å². The summed E-state index contributed by atoms with van der Waals surface area (Å²) in [4.78, 5) is 18.2. The van der Waals surface area contributed by atoms with E-state index >= 15 is 0 Å². The van der Waals surface area contributed by atoms with Gasteiger partial charge in [0.1, 0.15) is 5.82 Å². The lowest BCUT2D eigenvalue weighted by Crippen LogP contribution is -2.36. The van der Waals surface area contributed by atoms with Gasteiger partial charge in [-0.15, -0.1) is 0 Å². The van der Waals surface area contributed by atoms with E-state index in [0.717, 1.165) is 18.3 Å². The van der Waals surface area contributed by atoms with Gasteiger partial charge in [0, 0.05) is 25.3 Å². The molecule has 1 amide bonds. The minimum atomic E-state index is -0.0734. The summed E-state index contributed by atoms with van der Waals surface area (Å²) >= 11 is 0. The first-order valence-corrected chi connectivity index (χ1v) is 7.26. The zero-order chi connectivity index (χ0) is 14.5. The van der Waals surface area contributed by atoms with Gasteiger partial charge >= 0.3 is 0 Å². The van der Waals surface area contributed by atoms with Gasteiger partial charge in [0.05, 0.1) is 5.56 Å². The van der Waals surface area contributed by atoms with Gasteiger partial charge in [-0.1, -0.05) is 0 Å². The van der Waals surface area contributed by atoms with Gasteiger partial charge in [0.15, 0.2) is 0 Å². The molecule has 1 aliphatic carbocycles. The monoisotopic (exact) mass is 276 g/mol. The maximum absolute atomic E-state index is 11.6. The predicted molar refractivity (Wildman–Crippen MR) is 80.9 cm³/mol. The van der Waals surface area contributed by atoms with Crippen molar-refractivity contribution >= 4 is 11.7 Å². The number of carbonyl (C=O) groups excluding carboxylic acids is 1. The van der Waals surface area contributed by atoms with Crippen molar-refractivity contribution < 1.29 is 4.79 Å². The summed E-state index contributed by atoms with van der Waals surface area (Å²) in [6, 6.07) is 4.23. The van der Waals surface area contributed by atoms with Crippen molar-refractivity contribution in [3.8, 4) is 0 Å². The third-order valence-electron chi connectivity index (χ3n) is 3.68. The van der Waals surface area contributed by atoms with Crippen molar-refractivity contribution in [3.05, 3.63) is 23.9 Å². The Hall–Kier alpha value is -1.62. The van der Waals surface area contributed by atoms with E-state index in [9.17, 15) is 4.79 Å². The molecule has 0 radical (unpaired) electrons. The topological polar surface area (TPSA) is 57.3 Å². The lowest BCUT2D eigenvalue weighted by atomic mass is 10.1. The average Bonchev–Trinajstić information content (AvgIpc) is 3.24. The summed E-state index contributed by atoms with van der Waals surface area (Å²) in [7, 11) is 4.24. The van der Waals surface area contributed by atoms with Gasteiger partial charge in [-0.2, -0.15) is 0 Å². The molecular weight excluding hydrogens is 252 g/mol. The van der Waals surface area contributed by atoms with Crippen molar-refractivity contribution in [2.24, 2.45) is 5.92 Å². The Balaban J connectivity index is 1.88. The summed E-state index contributed by atoms with van der Waals surface area (Å²) in [6.45, 7) is 3.43. The molecule has 2 rings (SSSR count). The highest BCUT2D eigenvalue weighted by atomic mass is 16.1. The Bertz CT molecular complexity index is 438. The minimum absolute atomic E-state index is 0.0734. The smallest absolute Gasteiger partial charge is 0.252 e. The maximum atomic E-state index is 11.6. The number of carbonyl (C=O) groups is 1. The highest BCUT2D eigenvalue weighted by Crippen LogP contribution is 2.34. The number of likely N-dealkylation sites (N-methyl/N-ethyl adjacent to an activating group) is 1. The average molecular weight is 276 g/mol. The number of amides is 1. The van der Waals surface area contributed by atoms with Gasteiger partial charge < -0.3 is 15.5 Å². The summed E-state index contributed by atoms with van der Waals surface area (Å²) in [6.07, 6.45) is 4.28. The number of hydrogen-bond donors (Lipinski definition) is 2. The fourth-order valence-electron chi connectivity index (χ4n) is 2.36. The first-order valence-electron chi connectivity index (χ1n) is 7.26. The first-order chi connectivity index (χ1) is 9.61. The third-order valence-corrected chi connectivity index (χ3v) is 3.68. The molecule has 1 saturated carbocycles. The Morgan fingerprint density at radius 1 is 1.45 bits per heavy atom. The molecule has 0 bridgehead atoms. The molecule has 0 aromatic carbocycles. The standard InChI is InChI=1S/C15H24N4O/c1-4-16-15(20)12-7-8-14(17-9-12)18-10-13(19(2)3)11-5-6-11/h7-9,11,13H,4-6,10H2,1-3H3,(H,16,20)(H,17,18). The van der Waals surface area contributed by atoms with E-state index in [4.69, 9.17) is 0 Å². The molecule has 5 nitrogen and oxygen atoms in total. The first kappa shape index (κ1) is 14.8.